The minimum absolute atomic E-state index is 0.657. The van der Waals surface area contributed by atoms with E-state index in [-0.39, 0.29) is 0 Å². The third-order valence-electron chi connectivity index (χ3n) is 2.81. The lowest BCUT2D eigenvalue weighted by atomic mass is 10.2. The summed E-state index contributed by atoms with van der Waals surface area (Å²) in [5, 5.41) is 3.62. The van der Waals surface area contributed by atoms with E-state index >= 15 is 0 Å². The molecule has 3 heteroatoms. The second-order valence-corrected chi connectivity index (χ2v) is 4.16. The van der Waals surface area contributed by atoms with E-state index in [0.29, 0.717) is 6.04 Å². The molecule has 0 aliphatic heterocycles. The SMILES string of the molecule is CCCNC(Cn1ccnc1)C1CC1. The molecule has 14 heavy (non-hydrogen) atoms. The van der Waals surface area contributed by atoms with Crippen LogP contribution < -0.4 is 5.32 Å². The Morgan fingerprint density at radius 1 is 1.57 bits per heavy atom. The first-order valence-electron chi connectivity index (χ1n) is 5.59. The van der Waals surface area contributed by atoms with Crippen LogP contribution in [0.5, 0.6) is 0 Å². The molecule has 1 aromatic heterocycles. The maximum Gasteiger partial charge on any atom is 0.0946 e. The minimum Gasteiger partial charge on any atom is -0.336 e. The molecule has 3 nitrogen and oxygen atoms in total. The van der Waals surface area contributed by atoms with Crippen molar-refractivity contribution >= 4 is 0 Å². The Morgan fingerprint density at radius 3 is 3.00 bits per heavy atom. The first kappa shape index (κ1) is 9.71. The molecule has 1 heterocycles. The van der Waals surface area contributed by atoms with Gasteiger partial charge in [-0.3, -0.25) is 0 Å². The van der Waals surface area contributed by atoms with E-state index in [9.17, 15) is 0 Å². The van der Waals surface area contributed by atoms with Gasteiger partial charge in [0.15, 0.2) is 0 Å². The maximum absolute atomic E-state index is 4.07. The monoisotopic (exact) mass is 193 g/mol. The van der Waals surface area contributed by atoms with Gasteiger partial charge in [0.2, 0.25) is 0 Å². The van der Waals surface area contributed by atoms with Crippen LogP contribution in [0.15, 0.2) is 18.7 Å². The molecule has 1 N–H and O–H groups in total. The Kier molecular flexibility index (Phi) is 3.19. The van der Waals surface area contributed by atoms with Gasteiger partial charge in [0, 0.05) is 25.0 Å². The molecular formula is C11H19N3. The van der Waals surface area contributed by atoms with Gasteiger partial charge in [-0.2, -0.15) is 0 Å². The van der Waals surface area contributed by atoms with Crippen LogP contribution in [0.2, 0.25) is 0 Å². The van der Waals surface area contributed by atoms with E-state index in [1.54, 1.807) is 0 Å². The predicted octanol–water partition coefficient (Wildman–Crippen LogP) is 1.66. The van der Waals surface area contributed by atoms with Crippen LogP contribution in [-0.2, 0) is 6.54 Å². The molecule has 1 saturated carbocycles. The van der Waals surface area contributed by atoms with Gasteiger partial charge in [-0.15, -0.1) is 0 Å². The fraction of sp³-hybridized carbons (Fsp3) is 0.727. The second-order valence-electron chi connectivity index (χ2n) is 4.16. The lowest BCUT2D eigenvalue weighted by Gasteiger charge is -2.18. The van der Waals surface area contributed by atoms with Crippen molar-refractivity contribution in [2.45, 2.75) is 38.8 Å². The van der Waals surface area contributed by atoms with Crippen LogP contribution in [0.25, 0.3) is 0 Å². The summed E-state index contributed by atoms with van der Waals surface area (Å²) in [5.74, 6) is 0.906. The van der Waals surface area contributed by atoms with E-state index < -0.39 is 0 Å². The average molecular weight is 193 g/mol. The molecule has 0 amide bonds. The molecule has 0 saturated heterocycles. The van der Waals surface area contributed by atoms with Crippen molar-refractivity contribution in [1.82, 2.24) is 14.9 Å². The maximum atomic E-state index is 4.07. The van der Waals surface area contributed by atoms with Gasteiger partial charge in [0.25, 0.3) is 0 Å². The first-order valence-corrected chi connectivity index (χ1v) is 5.59. The number of hydrogen-bond acceptors (Lipinski definition) is 2. The number of rotatable bonds is 6. The lowest BCUT2D eigenvalue weighted by Crippen LogP contribution is -2.35. The van der Waals surface area contributed by atoms with Crippen LogP contribution in [0.1, 0.15) is 26.2 Å². The summed E-state index contributed by atoms with van der Waals surface area (Å²) in [6, 6.07) is 0.657. The molecule has 2 rings (SSSR count). The second kappa shape index (κ2) is 4.60. The summed E-state index contributed by atoms with van der Waals surface area (Å²) in [6.45, 7) is 4.43. The summed E-state index contributed by atoms with van der Waals surface area (Å²) < 4.78 is 2.17. The molecule has 0 aromatic carbocycles. The summed E-state index contributed by atoms with van der Waals surface area (Å²) in [5.41, 5.74) is 0. The number of nitrogens with one attached hydrogen (secondary N) is 1. The summed E-state index contributed by atoms with van der Waals surface area (Å²) in [6.07, 6.45) is 9.81. The van der Waals surface area contributed by atoms with Crippen LogP contribution in [-0.4, -0.2) is 22.1 Å². The van der Waals surface area contributed by atoms with Crippen molar-refractivity contribution in [3.63, 3.8) is 0 Å². The van der Waals surface area contributed by atoms with E-state index in [1.807, 2.05) is 18.7 Å². The smallest absolute Gasteiger partial charge is 0.0946 e. The van der Waals surface area contributed by atoms with E-state index in [2.05, 4.69) is 21.8 Å². The van der Waals surface area contributed by atoms with Gasteiger partial charge < -0.3 is 9.88 Å². The third-order valence-corrected chi connectivity index (χ3v) is 2.81. The van der Waals surface area contributed by atoms with Gasteiger partial charge in [0.05, 0.1) is 6.33 Å². The summed E-state index contributed by atoms with van der Waals surface area (Å²) >= 11 is 0. The van der Waals surface area contributed by atoms with Gasteiger partial charge in [-0.05, 0) is 31.7 Å². The largest absolute Gasteiger partial charge is 0.336 e. The number of nitrogens with zero attached hydrogens (tertiary/aromatic N) is 2. The molecule has 1 unspecified atom stereocenters. The lowest BCUT2D eigenvalue weighted by molar-refractivity contribution is 0.407. The Bertz CT molecular complexity index is 252. The van der Waals surface area contributed by atoms with Crippen LogP contribution in [0, 0.1) is 5.92 Å². The van der Waals surface area contributed by atoms with Gasteiger partial charge >= 0.3 is 0 Å². The first-order chi connectivity index (χ1) is 6.90. The van der Waals surface area contributed by atoms with E-state index in [0.717, 1.165) is 19.0 Å². The molecule has 1 aromatic rings. The molecule has 1 fully saturated rings. The Balaban J connectivity index is 1.84. The highest BCUT2D eigenvalue weighted by Gasteiger charge is 2.30. The van der Waals surface area contributed by atoms with Crippen molar-refractivity contribution in [1.29, 1.82) is 0 Å². The highest BCUT2D eigenvalue weighted by atomic mass is 15.1. The van der Waals surface area contributed by atoms with Crippen LogP contribution >= 0.6 is 0 Å². The predicted molar refractivity (Wildman–Crippen MR) is 57.0 cm³/mol. The normalized spacial score (nSPS) is 18.4. The Hall–Kier alpha value is -0.830. The van der Waals surface area contributed by atoms with Gasteiger partial charge in [-0.1, -0.05) is 6.92 Å². The topological polar surface area (TPSA) is 29.9 Å². The van der Waals surface area contributed by atoms with Crippen molar-refractivity contribution < 1.29 is 0 Å². The fourth-order valence-electron chi connectivity index (χ4n) is 1.83. The molecule has 1 atom stereocenters. The van der Waals surface area contributed by atoms with Crippen LogP contribution in [0.3, 0.4) is 0 Å². The van der Waals surface area contributed by atoms with Gasteiger partial charge in [-0.25, -0.2) is 4.98 Å². The Labute approximate surface area is 85.5 Å². The van der Waals surface area contributed by atoms with Crippen molar-refractivity contribution in [3.8, 4) is 0 Å². The highest BCUT2D eigenvalue weighted by molar-refractivity contribution is 4.88. The quantitative estimate of drug-likeness (QED) is 0.744. The molecular weight excluding hydrogens is 174 g/mol. The van der Waals surface area contributed by atoms with Crippen LogP contribution in [0.4, 0.5) is 0 Å². The highest BCUT2D eigenvalue weighted by Crippen LogP contribution is 2.33. The molecule has 0 spiro atoms. The van der Waals surface area contributed by atoms with Crippen molar-refractivity contribution in [2.24, 2.45) is 5.92 Å². The number of aromatic nitrogens is 2. The zero-order valence-electron chi connectivity index (χ0n) is 8.82. The average Bonchev–Trinajstić information content (AvgIpc) is 2.92. The number of hydrogen-bond donors (Lipinski definition) is 1. The van der Waals surface area contributed by atoms with E-state index in [1.165, 1.54) is 19.3 Å². The molecule has 1 aliphatic rings. The van der Waals surface area contributed by atoms with E-state index in [4.69, 9.17) is 0 Å². The number of imidazole rings is 1. The zero-order valence-corrected chi connectivity index (χ0v) is 8.82. The molecule has 0 radical (unpaired) electrons. The standard InChI is InChI=1S/C11H19N3/c1-2-5-13-11(10-3-4-10)8-14-7-6-12-9-14/h6-7,9-11,13H,2-5,8H2,1H3. The Morgan fingerprint density at radius 2 is 2.43 bits per heavy atom. The van der Waals surface area contributed by atoms with Gasteiger partial charge in [0.1, 0.15) is 0 Å². The van der Waals surface area contributed by atoms with Crippen molar-refractivity contribution in [3.05, 3.63) is 18.7 Å². The third kappa shape index (κ3) is 2.58. The van der Waals surface area contributed by atoms with Crippen molar-refractivity contribution in [2.75, 3.05) is 6.54 Å². The molecule has 0 bridgehead atoms. The fourth-order valence-corrected chi connectivity index (χ4v) is 1.83. The minimum atomic E-state index is 0.657. The zero-order chi connectivity index (χ0) is 9.80. The molecule has 78 valence electrons. The summed E-state index contributed by atoms with van der Waals surface area (Å²) in [4.78, 5) is 4.07. The summed E-state index contributed by atoms with van der Waals surface area (Å²) in [7, 11) is 0. The molecule has 1 aliphatic carbocycles.